The Labute approximate surface area is 98.1 Å². The van der Waals surface area contributed by atoms with E-state index < -0.39 is 11.7 Å². The molecule has 0 atom stereocenters. The fourth-order valence-corrected chi connectivity index (χ4v) is 1.57. The van der Waals surface area contributed by atoms with Gasteiger partial charge in [0.1, 0.15) is 11.6 Å². The number of anilines is 1. The summed E-state index contributed by atoms with van der Waals surface area (Å²) >= 11 is 0. The number of nitrogen functional groups attached to an aromatic ring is 1. The van der Waals surface area contributed by atoms with Crippen LogP contribution in [0.3, 0.4) is 0 Å². The highest BCUT2D eigenvalue weighted by Crippen LogP contribution is 2.24. The minimum atomic E-state index is -0.645. The third kappa shape index (κ3) is 2.31. The zero-order chi connectivity index (χ0) is 12.4. The van der Waals surface area contributed by atoms with Gasteiger partial charge >= 0.3 is 0 Å². The molecule has 92 valence electrons. The molecule has 5 nitrogen and oxygen atoms in total. The zero-order valence-electron chi connectivity index (χ0n) is 9.42. The van der Waals surface area contributed by atoms with Crippen molar-refractivity contribution in [1.29, 1.82) is 0 Å². The standard InChI is InChI=1S/C11H14FN3O2/c1-17-10-2-7(8(12)3-9(10)13)11(16)15-6-4-14-5-6/h2-3,6,14H,4-5,13H2,1H3,(H,15,16). The first-order valence-electron chi connectivity index (χ1n) is 5.26. The van der Waals surface area contributed by atoms with Gasteiger partial charge in [-0.05, 0) is 6.07 Å². The average molecular weight is 239 g/mol. The molecule has 1 aromatic rings. The number of benzene rings is 1. The normalized spacial score (nSPS) is 15.2. The van der Waals surface area contributed by atoms with Crippen LogP contribution in [-0.2, 0) is 0 Å². The van der Waals surface area contributed by atoms with Gasteiger partial charge in [-0.1, -0.05) is 0 Å². The number of hydrogen-bond acceptors (Lipinski definition) is 4. The number of nitrogens with one attached hydrogen (secondary N) is 2. The molecule has 4 N–H and O–H groups in total. The molecule has 0 unspecified atom stereocenters. The van der Waals surface area contributed by atoms with Crippen LogP contribution in [0.15, 0.2) is 12.1 Å². The molecular weight excluding hydrogens is 225 g/mol. The van der Waals surface area contributed by atoms with Crippen molar-refractivity contribution in [1.82, 2.24) is 10.6 Å². The molecule has 1 aliphatic heterocycles. The van der Waals surface area contributed by atoms with E-state index in [-0.39, 0.29) is 17.3 Å². The van der Waals surface area contributed by atoms with E-state index >= 15 is 0 Å². The van der Waals surface area contributed by atoms with Gasteiger partial charge in [0, 0.05) is 19.2 Å². The number of methoxy groups -OCH3 is 1. The van der Waals surface area contributed by atoms with Gasteiger partial charge in [0.2, 0.25) is 0 Å². The lowest BCUT2D eigenvalue weighted by Crippen LogP contribution is -2.57. The molecule has 1 aliphatic rings. The predicted octanol–water partition coefficient (Wildman–Crippen LogP) is 0.118. The first-order valence-corrected chi connectivity index (χ1v) is 5.26. The lowest BCUT2D eigenvalue weighted by atomic mass is 10.1. The van der Waals surface area contributed by atoms with Crippen LogP contribution in [0, 0.1) is 5.82 Å². The first-order chi connectivity index (χ1) is 8.11. The van der Waals surface area contributed by atoms with Crippen LogP contribution in [0.1, 0.15) is 10.4 Å². The highest BCUT2D eigenvalue weighted by Gasteiger charge is 2.22. The van der Waals surface area contributed by atoms with E-state index in [1.807, 2.05) is 0 Å². The third-order valence-corrected chi connectivity index (χ3v) is 2.68. The maximum Gasteiger partial charge on any atom is 0.254 e. The van der Waals surface area contributed by atoms with E-state index in [4.69, 9.17) is 10.5 Å². The molecule has 0 aromatic heterocycles. The van der Waals surface area contributed by atoms with Crippen molar-refractivity contribution in [3.63, 3.8) is 0 Å². The fourth-order valence-electron chi connectivity index (χ4n) is 1.57. The summed E-state index contributed by atoms with van der Waals surface area (Å²) < 4.78 is 18.5. The van der Waals surface area contributed by atoms with Crippen LogP contribution in [-0.4, -0.2) is 32.1 Å². The summed E-state index contributed by atoms with van der Waals surface area (Å²) in [5.74, 6) is -0.802. The maximum absolute atomic E-state index is 13.6. The Kier molecular flexibility index (Phi) is 3.14. The van der Waals surface area contributed by atoms with E-state index in [1.54, 1.807) is 0 Å². The van der Waals surface area contributed by atoms with Gasteiger partial charge < -0.3 is 21.1 Å². The van der Waals surface area contributed by atoms with Crippen LogP contribution in [0.25, 0.3) is 0 Å². The minimum Gasteiger partial charge on any atom is -0.495 e. The Morgan fingerprint density at radius 3 is 2.82 bits per heavy atom. The number of hydrogen-bond donors (Lipinski definition) is 3. The number of ether oxygens (including phenoxy) is 1. The quantitative estimate of drug-likeness (QED) is 0.655. The summed E-state index contributed by atoms with van der Waals surface area (Å²) in [5.41, 5.74) is 5.65. The van der Waals surface area contributed by atoms with Crippen LogP contribution in [0.4, 0.5) is 10.1 Å². The highest BCUT2D eigenvalue weighted by atomic mass is 19.1. The molecule has 2 rings (SSSR count). The second kappa shape index (κ2) is 4.58. The molecule has 0 spiro atoms. The molecule has 1 heterocycles. The minimum absolute atomic E-state index is 0.0528. The summed E-state index contributed by atoms with van der Waals surface area (Å²) in [4.78, 5) is 11.8. The molecule has 1 saturated heterocycles. The van der Waals surface area contributed by atoms with E-state index in [1.165, 1.54) is 13.2 Å². The molecule has 0 saturated carbocycles. The van der Waals surface area contributed by atoms with E-state index in [9.17, 15) is 9.18 Å². The molecule has 1 fully saturated rings. The van der Waals surface area contributed by atoms with Gasteiger partial charge in [-0.25, -0.2) is 4.39 Å². The smallest absolute Gasteiger partial charge is 0.254 e. The second-order valence-corrected chi connectivity index (χ2v) is 3.90. The monoisotopic (exact) mass is 239 g/mol. The average Bonchev–Trinajstić information content (AvgIpc) is 2.23. The lowest BCUT2D eigenvalue weighted by molar-refractivity contribution is 0.0919. The Hall–Kier alpha value is -1.82. The van der Waals surface area contributed by atoms with Gasteiger partial charge in [-0.15, -0.1) is 0 Å². The molecule has 17 heavy (non-hydrogen) atoms. The van der Waals surface area contributed by atoms with Crippen LogP contribution < -0.4 is 21.1 Å². The molecule has 0 aliphatic carbocycles. The summed E-state index contributed by atoms with van der Waals surface area (Å²) in [6, 6.07) is 2.46. The SMILES string of the molecule is COc1cc(C(=O)NC2CNC2)c(F)cc1N. The second-order valence-electron chi connectivity index (χ2n) is 3.90. The van der Waals surface area contributed by atoms with Crippen LogP contribution in [0.5, 0.6) is 5.75 Å². The lowest BCUT2D eigenvalue weighted by Gasteiger charge is -2.28. The van der Waals surface area contributed by atoms with Gasteiger partial charge in [0.05, 0.1) is 24.4 Å². The Balaban J connectivity index is 2.20. The van der Waals surface area contributed by atoms with Crippen molar-refractivity contribution in [2.45, 2.75) is 6.04 Å². The molecule has 0 radical (unpaired) electrons. The number of carbonyl (C=O) groups excluding carboxylic acids is 1. The molecule has 6 heteroatoms. The molecule has 0 bridgehead atoms. The van der Waals surface area contributed by atoms with Crippen molar-refractivity contribution >= 4 is 11.6 Å². The van der Waals surface area contributed by atoms with Gasteiger partial charge in [0.25, 0.3) is 5.91 Å². The van der Waals surface area contributed by atoms with Gasteiger partial charge in [-0.2, -0.15) is 0 Å². The van der Waals surface area contributed by atoms with Gasteiger partial charge in [0.15, 0.2) is 0 Å². The van der Waals surface area contributed by atoms with E-state index in [0.29, 0.717) is 18.8 Å². The van der Waals surface area contributed by atoms with Crippen molar-refractivity contribution in [2.24, 2.45) is 0 Å². The Morgan fingerprint density at radius 2 is 2.29 bits per heavy atom. The van der Waals surface area contributed by atoms with E-state index in [0.717, 1.165) is 6.07 Å². The van der Waals surface area contributed by atoms with Gasteiger partial charge in [-0.3, -0.25) is 4.79 Å². The number of amides is 1. The zero-order valence-corrected chi connectivity index (χ0v) is 9.42. The Morgan fingerprint density at radius 1 is 1.59 bits per heavy atom. The summed E-state index contributed by atoms with van der Waals surface area (Å²) in [7, 11) is 1.42. The number of halogens is 1. The molecule has 1 amide bonds. The summed E-state index contributed by atoms with van der Waals surface area (Å²) in [5, 5.41) is 5.72. The van der Waals surface area contributed by atoms with Crippen molar-refractivity contribution < 1.29 is 13.9 Å². The van der Waals surface area contributed by atoms with Crippen molar-refractivity contribution in [3.8, 4) is 5.75 Å². The topological polar surface area (TPSA) is 76.4 Å². The summed E-state index contributed by atoms with van der Waals surface area (Å²) in [6.07, 6.45) is 0. The third-order valence-electron chi connectivity index (χ3n) is 2.68. The first kappa shape index (κ1) is 11.7. The van der Waals surface area contributed by atoms with Crippen molar-refractivity contribution in [3.05, 3.63) is 23.5 Å². The maximum atomic E-state index is 13.6. The molecular formula is C11H14FN3O2. The highest BCUT2D eigenvalue weighted by molar-refractivity contribution is 5.95. The predicted molar refractivity (Wildman–Crippen MR) is 61.5 cm³/mol. The number of nitrogens with two attached hydrogens (primary N) is 1. The fraction of sp³-hybridized carbons (Fsp3) is 0.364. The van der Waals surface area contributed by atoms with Crippen LogP contribution in [0.2, 0.25) is 0 Å². The summed E-state index contributed by atoms with van der Waals surface area (Å²) in [6.45, 7) is 1.42. The van der Waals surface area contributed by atoms with Crippen molar-refractivity contribution in [2.75, 3.05) is 25.9 Å². The van der Waals surface area contributed by atoms with Crippen LogP contribution >= 0.6 is 0 Å². The molecule has 1 aromatic carbocycles. The number of carbonyl (C=O) groups is 1. The van der Waals surface area contributed by atoms with E-state index in [2.05, 4.69) is 10.6 Å². The number of rotatable bonds is 3. The Bertz CT molecular complexity index is 447. The largest absolute Gasteiger partial charge is 0.495 e.